The molecule has 2 aromatic rings. The van der Waals surface area contributed by atoms with Gasteiger partial charge in [0.1, 0.15) is 23.7 Å². The van der Waals surface area contributed by atoms with Gasteiger partial charge in [-0.3, -0.25) is 19.5 Å². The van der Waals surface area contributed by atoms with Crippen LogP contribution in [0.2, 0.25) is 0 Å². The summed E-state index contributed by atoms with van der Waals surface area (Å²) in [6.07, 6.45) is 6.72. The highest BCUT2D eigenvalue weighted by Gasteiger charge is 2.54. The number of nitrogens with zero attached hydrogens (tertiary/aromatic N) is 5. The first-order valence-electron chi connectivity index (χ1n) is 10.7. The van der Waals surface area contributed by atoms with Gasteiger partial charge in [0.15, 0.2) is 5.13 Å². The molecule has 37 heavy (non-hydrogen) atoms. The van der Waals surface area contributed by atoms with Crippen LogP contribution in [0.3, 0.4) is 0 Å². The summed E-state index contributed by atoms with van der Waals surface area (Å²) in [5, 5.41) is 17.6. The zero-order valence-corrected chi connectivity index (χ0v) is 21.6. The predicted octanol–water partition coefficient (Wildman–Crippen LogP) is 1.56. The highest BCUT2D eigenvalue weighted by Crippen LogP contribution is 2.41. The first-order valence-corrected chi connectivity index (χ1v) is 13.6. The molecule has 15 heteroatoms. The number of nitrogens with one attached hydrogen (secondary N) is 1. The standard InChI is InChI=1S/C22H21N7O5S3/c1-2-7-34-27-14(17-26-22(23)37-28-17)18(30)25-15-19(31)29-16(21(32)33)13(11-36-20(15)29)10-35-8-5-12-4-3-6-24-9-12/h2-6,8-9,15,20H,1,7,10-11H2,(H,25,30)(H,32,33)(H2,23,26,28)/b8-5-,27-14+/t15?,20-/m1/s1. The molecule has 0 bridgehead atoms. The van der Waals surface area contributed by atoms with Gasteiger partial charge in [0.2, 0.25) is 11.5 Å². The molecule has 0 saturated carbocycles. The lowest BCUT2D eigenvalue weighted by atomic mass is 10.0. The lowest BCUT2D eigenvalue weighted by Gasteiger charge is -2.49. The van der Waals surface area contributed by atoms with E-state index in [0.717, 1.165) is 17.1 Å². The van der Waals surface area contributed by atoms with E-state index < -0.39 is 29.2 Å². The number of nitrogen functional groups attached to an aromatic ring is 1. The van der Waals surface area contributed by atoms with E-state index in [1.54, 1.807) is 12.4 Å². The fourth-order valence-electron chi connectivity index (χ4n) is 3.42. The van der Waals surface area contributed by atoms with Crippen LogP contribution in [0.1, 0.15) is 11.4 Å². The molecule has 2 aliphatic heterocycles. The van der Waals surface area contributed by atoms with Crippen molar-refractivity contribution >= 4 is 69.8 Å². The van der Waals surface area contributed by atoms with E-state index in [-0.39, 0.29) is 29.0 Å². The van der Waals surface area contributed by atoms with E-state index in [2.05, 4.69) is 31.4 Å². The molecule has 1 saturated heterocycles. The van der Waals surface area contributed by atoms with Crippen molar-refractivity contribution in [3.05, 3.63) is 65.2 Å². The fourth-order valence-corrected chi connectivity index (χ4v) is 6.12. The molecule has 0 radical (unpaired) electrons. The largest absolute Gasteiger partial charge is 0.477 e. The van der Waals surface area contributed by atoms with Crippen LogP contribution in [0.4, 0.5) is 5.13 Å². The third kappa shape index (κ3) is 6.00. The van der Waals surface area contributed by atoms with Crippen LogP contribution in [0.5, 0.6) is 0 Å². The van der Waals surface area contributed by atoms with E-state index >= 15 is 0 Å². The quantitative estimate of drug-likeness (QED) is 0.120. The van der Waals surface area contributed by atoms with Crippen molar-refractivity contribution < 1.29 is 24.3 Å². The topological polar surface area (TPSA) is 173 Å². The van der Waals surface area contributed by atoms with Gasteiger partial charge in [0.25, 0.3) is 11.8 Å². The molecule has 4 rings (SSSR count). The lowest BCUT2D eigenvalue weighted by Crippen LogP contribution is -2.71. The Kier molecular flexibility index (Phi) is 8.58. The van der Waals surface area contributed by atoms with Crippen LogP contribution < -0.4 is 11.1 Å². The minimum atomic E-state index is -1.20. The number of carbonyl (C=O) groups excluding carboxylic acids is 2. The third-order valence-corrected chi connectivity index (χ3v) is 7.78. The Bertz CT molecular complexity index is 1290. The van der Waals surface area contributed by atoms with Crippen LogP contribution in [-0.2, 0) is 19.2 Å². The number of amides is 2. The molecule has 0 aromatic carbocycles. The SMILES string of the molecule is C=CCO/N=C(/C(=O)NC1C(=O)N2C(C(=O)O)=C(CS/C=C\c3cccnc3)CS[C@H]12)c1nsc(N)n1. The number of oxime groups is 1. The summed E-state index contributed by atoms with van der Waals surface area (Å²) in [4.78, 5) is 52.2. The van der Waals surface area contributed by atoms with Gasteiger partial charge >= 0.3 is 5.97 Å². The minimum absolute atomic E-state index is 0.0377. The maximum absolute atomic E-state index is 13.0. The van der Waals surface area contributed by atoms with E-state index in [1.807, 2.05) is 23.6 Å². The van der Waals surface area contributed by atoms with Crippen LogP contribution in [0.15, 0.2) is 59.0 Å². The Morgan fingerprint density at radius 2 is 2.30 bits per heavy atom. The van der Waals surface area contributed by atoms with Crippen LogP contribution in [0, 0.1) is 0 Å². The van der Waals surface area contributed by atoms with Crippen molar-refractivity contribution in [1.82, 2.24) is 24.6 Å². The smallest absolute Gasteiger partial charge is 0.352 e. The number of carbonyl (C=O) groups is 3. The summed E-state index contributed by atoms with van der Waals surface area (Å²) in [6, 6.07) is 2.78. The molecule has 2 aromatic heterocycles. The molecule has 12 nitrogen and oxygen atoms in total. The molecule has 1 fully saturated rings. The summed E-state index contributed by atoms with van der Waals surface area (Å²) in [5.74, 6) is -1.74. The second-order valence-corrected chi connectivity index (χ2v) is 10.3. The number of aliphatic carboxylic acids is 1. The number of rotatable bonds is 11. The predicted molar refractivity (Wildman–Crippen MR) is 142 cm³/mol. The highest BCUT2D eigenvalue weighted by atomic mass is 32.2. The van der Waals surface area contributed by atoms with Gasteiger partial charge in [-0.1, -0.05) is 23.9 Å². The number of pyridine rings is 1. The summed E-state index contributed by atoms with van der Waals surface area (Å²) in [6.45, 7) is 3.55. The van der Waals surface area contributed by atoms with Crippen molar-refractivity contribution in [2.24, 2.45) is 5.16 Å². The van der Waals surface area contributed by atoms with Crippen molar-refractivity contribution in [2.45, 2.75) is 11.4 Å². The number of carboxylic acids is 1. The first-order chi connectivity index (χ1) is 17.9. The van der Waals surface area contributed by atoms with Crippen LogP contribution in [-0.4, -0.2) is 77.4 Å². The first kappa shape index (κ1) is 26.4. The molecule has 0 aliphatic carbocycles. The molecule has 2 atom stereocenters. The third-order valence-electron chi connectivity index (χ3n) is 5.05. The van der Waals surface area contributed by atoms with Gasteiger partial charge < -0.3 is 21.0 Å². The zero-order valence-electron chi connectivity index (χ0n) is 19.1. The van der Waals surface area contributed by atoms with Crippen molar-refractivity contribution in [3.8, 4) is 0 Å². The summed E-state index contributed by atoms with van der Waals surface area (Å²) < 4.78 is 3.98. The van der Waals surface area contributed by atoms with Crippen molar-refractivity contribution in [1.29, 1.82) is 0 Å². The monoisotopic (exact) mass is 559 g/mol. The second-order valence-electron chi connectivity index (χ2n) is 7.50. The summed E-state index contributed by atoms with van der Waals surface area (Å²) in [5.41, 5.74) is 6.85. The second kappa shape index (κ2) is 12.0. The van der Waals surface area contributed by atoms with Gasteiger partial charge in [0, 0.05) is 35.4 Å². The molecule has 192 valence electrons. The number of β-lactam (4-membered cyclic amide) rings is 1. The van der Waals surface area contributed by atoms with E-state index in [1.165, 1.54) is 34.5 Å². The molecule has 2 amide bonds. The number of hydrogen-bond acceptors (Lipinski definition) is 12. The highest BCUT2D eigenvalue weighted by molar-refractivity contribution is 8.02. The molecule has 2 aliphatic rings. The summed E-state index contributed by atoms with van der Waals surface area (Å²) >= 11 is 3.67. The Morgan fingerprint density at radius 1 is 1.46 bits per heavy atom. The number of fused-ring (bicyclic) bond motifs is 1. The van der Waals surface area contributed by atoms with Gasteiger partial charge in [-0.2, -0.15) is 9.36 Å². The Morgan fingerprint density at radius 3 is 2.97 bits per heavy atom. The maximum Gasteiger partial charge on any atom is 0.352 e. The van der Waals surface area contributed by atoms with E-state index in [9.17, 15) is 19.5 Å². The van der Waals surface area contributed by atoms with Gasteiger partial charge in [-0.25, -0.2) is 4.79 Å². The van der Waals surface area contributed by atoms with Gasteiger partial charge in [0.05, 0.1) is 0 Å². The Hall–Kier alpha value is -3.69. The number of anilines is 1. The van der Waals surface area contributed by atoms with Crippen LogP contribution in [0.25, 0.3) is 6.08 Å². The normalized spacial score (nSPS) is 19.4. The molecular formula is C22H21N7O5S3. The van der Waals surface area contributed by atoms with Gasteiger partial charge in [-0.05, 0) is 28.7 Å². The average Bonchev–Trinajstić information content (AvgIpc) is 3.33. The summed E-state index contributed by atoms with van der Waals surface area (Å²) in [7, 11) is 0. The number of carboxylic acid groups (broad SMARTS) is 1. The molecule has 4 heterocycles. The van der Waals surface area contributed by atoms with Crippen LogP contribution >= 0.6 is 35.1 Å². The van der Waals surface area contributed by atoms with E-state index in [4.69, 9.17) is 10.6 Å². The molecular weight excluding hydrogens is 538 g/mol. The minimum Gasteiger partial charge on any atom is -0.477 e. The number of hydrogen-bond donors (Lipinski definition) is 3. The molecule has 4 N–H and O–H groups in total. The number of thioether (sulfide) groups is 2. The van der Waals surface area contributed by atoms with E-state index in [0.29, 0.717) is 17.1 Å². The Balaban J connectivity index is 1.45. The molecule has 1 unspecified atom stereocenters. The van der Waals surface area contributed by atoms with Crippen molar-refractivity contribution in [2.75, 3.05) is 23.8 Å². The average molecular weight is 560 g/mol. The van der Waals surface area contributed by atoms with Gasteiger partial charge in [-0.15, -0.1) is 23.5 Å². The maximum atomic E-state index is 13.0. The number of aromatic nitrogens is 3. The Labute approximate surface area is 223 Å². The van der Waals surface area contributed by atoms with Crippen molar-refractivity contribution in [3.63, 3.8) is 0 Å². The number of nitrogens with two attached hydrogens (primary N) is 1. The lowest BCUT2D eigenvalue weighted by molar-refractivity contribution is -0.150. The zero-order chi connectivity index (χ0) is 26.4. The fraction of sp³-hybridized carbons (Fsp3) is 0.227. The molecule has 0 spiro atoms.